The van der Waals surface area contributed by atoms with Crippen LogP contribution in [0.15, 0.2) is 83.1 Å². The van der Waals surface area contributed by atoms with Gasteiger partial charge in [0.2, 0.25) is 0 Å². The van der Waals surface area contributed by atoms with Crippen LogP contribution in [0.1, 0.15) is 5.56 Å². The Morgan fingerprint density at radius 2 is 1.77 bits per heavy atom. The van der Waals surface area contributed by atoms with E-state index in [0.717, 1.165) is 11.3 Å². The first kappa shape index (κ1) is 23.8. The second-order valence-electron chi connectivity index (χ2n) is 7.19. The molecule has 0 saturated carbocycles. The van der Waals surface area contributed by atoms with Crippen LogP contribution in [0.5, 0.6) is 17.2 Å². The summed E-state index contributed by atoms with van der Waals surface area (Å²) >= 11 is 1.23. The quantitative estimate of drug-likeness (QED) is 0.208. The standard InChI is InChI=1S/C25H23N5O4S/c1-33-21-13-12-17(14-22(21)34-2)24-28-29-25(30(24)19-9-4-3-5-10-19)35-16-23(32)27-26-15-18-8-6-7-11-20(18)31/h3-15,31H,16H2,1-2H3,(H,27,32). The highest BCUT2D eigenvalue weighted by Crippen LogP contribution is 2.34. The second kappa shape index (κ2) is 11.2. The summed E-state index contributed by atoms with van der Waals surface area (Å²) in [5.74, 6) is 1.60. The molecule has 4 rings (SSSR count). The molecule has 0 bridgehead atoms. The van der Waals surface area contributed by atoms with E-state index < -0.39 is 0 Å². The van der Waals surface area contributed by atoms with Crippen LogP contribution in [0.25, 0.3) is 17.1 Å². The van der Waals surface area contributed by atoms with Gasteiger partial charge in [0.25, 0.3) is 5.91 Å². The summed E-state index contributed by atoms with van der Waals surface area (Å²) < 4.78 is 12.7. The molecule has 2 N–H and O–H groups in total. The van der Waals surface area contributed by atoms with E-state index >= 15 is 0 Å². The van der Waals surface area contributed by atoms with E-state index in [2.05, 4.69) is 20.7 Å². The van der Waals surface area contributed by atoms with Gasteiger partial charge >= 0.3 is 0 Å². The van der Waals surface area contributed by atoms with Gasteiger partial charge in [-0.1, -0.05) is 42.1 Å². The lowest BCUT2D eigenvalue weighted by molar-refractivity contribution is -0.118. The maximum absolute atomic E-state index is 12.4. The van der Waals surface area contributed by atoms with Crippen molar-refractivity contribution < 1.29 is 19.4 Å². The lowest BCUT2D eigenvalue weighted by Gasteiger charge is -2.12. The zero-order valence-corrected chi connectivity index (χ0v) is 19.9. The van der Waals surface area contributed by atoms with E-state index in [0.29, 0.717) is 28.0 Å². The van der Waals surface area contributed by atoms with Gasteiger partial charge in [0.15, 0.2) is 22.5 Å². The monoisotopic (exact) mass is 489 g/mol. The first-order valence-electron chi connectivity index (χ1n) is 10.6. The van der Waals surface area contributed by atoms with Crippen LogP contribution >= 0.6 is 11.8 Å². The normalized spacial score (nSPS) is 10.9. The number of methoxy groups -OCH3 is 2. The summed E-state index contributed by atoms with van der Waals surface area (Å²) in [5.41, 5.74) is 4.60. The van der Waals surface area contributed by atoms with Crippen LogP contribution in [0.3, 0.4) is 0 Å². The van der Waals surface area contributed by atoms with Crippen molar-refractivity contribution in [2.75, 3.05) is 20.0 Å². The molecule has 178 valence electrons. The fraction of sp³-hybridized carbons (Fsp3) is 0.120. The third-order valence-electron chi connectivity index (χ3n) is 4.95. The van der Waals surface area contributed by atoms with E-state index in [1.165, 1.54) is 18.0 Å². The number of carbonyl (C=O) groups is 1. The minimum atomic E-state index is -0.322. The first-order chi connectivity index (χ1) is 17.1. The highest BCUT2D eigenvalue weighted by molar-refractivity contribution is 7.99. The van der Waals surface area contributed by atoms with Crippen LogP contribution in [0, 0.1) is 0 Å². The number of para-hydroxylation sites is 2. The van der Waals surface area contributed by atoms with Gasteiger partial charge < -0.3 is 14.6 Å². The minimum Gasteiger partial charge on any atom is -0.507 e. The molecule has 10 heteroatoms. The highest BCUT2D eigenvalue weighted by atomic mass is 32.2. The molecule has 35 heavy (non-hydrogen) atoms. The van der Waals surface area contributed by atoms with E-state index in [1.807, 2.05) is 47.0 Å². The molecular formula is C25H23N5O4S. The number of benzene rings is 3. The van der Waals surface area contributed by atoms with Crippen LogP contribution in [0.2, 0.25) is 0 Å². The van der Waals surface area contributed by atoms with Crippen molar-refractivity contribution in [1.82, 2.24) is 20.2 Å². The molecule has 9 nitrogen and oxygen atoms in total. The number of phenolic OH excluding ortho intramolecular Hbond substituents is 1. The predicted molar refractivity (Wildman–Crippen MR) is 134 cm³/mol. The van der Waals surface area contributed by atoms with Gasteiger partial charge in [-0.3, -0.25) is 9.36 Å². The molecule has 1 heterocycles. The number of rotatable bonds is 9. The van der Waals surface area contributed by atoms with Gasteiger partial charge in [0.1, 0.15) is 5.75 Å². The Hall–Kier alpha value is -4.31. The van der Waals surface area contributed by atoms with Gasteiger partial charge in [0.05, 0.1) is 26.2 Å². The summed E-state index contributed by atoms with van der Waals surface area (Å²) in [5, 5.41) is 23.0. The fourth-order valence-electron chi connectivity index (χ4n) is 3.27. The molecular weight excluding hydrogens is 466 g/mol. The van der Waals surface area contributed by atoms with Crippen molar-refractivity contribution in [3.05, 3.63) is 78.4 Å². The van der Waals surface area contributed by atoms with Crippen LogP contribution in [-0.2, 0) is 4.79 Å². The topological polar surface area (TPSA) is 111 Å². The maximum Gasteiger partial charge on any atom is 0.250 e. The van der Waals surface area contributed by atoms with E-state index in [9.17, 15) is 9.90 Å². The summed E-state index contributed by atoms with van der Waals surface area (Å²) in [7, 11) is 3.15. The Bertz CT molecular complexity index is 1340. The molecule has 3 aromatic carbocycles. The molecule has 0 saturated heterocycles. The van der Waals surface area contributed by atoms with Crippen molar-refractivity contribution in [1.29, 1.82) is 0 Å². The highest BCUT2D eigenvalue weighted by Gasteiger charge is 2.18. The van der Waals surface area contributed by atoms with Crippen LogP contribution < -0.4 is 14.9 Å². The lowest BCUT2D eigenvalue weighted by Crippen LogP contribution is -2.20. The maximum atomic E-state index is 12.4. The molecule has 0 spiro atoms. The second-order valence-corrected chi connectivity index (χ2v) is 8.13. The smallest absolute Gasteiger partial charge is 0.250 e. The van der Waals surface area contributed by atoms with Crippen molar-refractivity contribution >= 4 is 23.9 Å². The van der Waals surface area contributed by atoms with Crippen molar-refractivity contribution in [2.45, 2.75) is 5.16 Å². The first-order valence-corrected chi connectivity index (χ1v) is 11.5. The number of carbonyl (C=O) groups excluding carboxylic acids is 1. The third-order valence-corrected chi connectivity index (χ3v) is 5.88. The molecule has 0 atom stereocenters. The number of aromatic nitrogens is 3. The Morgan fingerprint density at radius 1 is 1.03 bits per heavy atom. The number of phenols is 1. The van der Waals surface area contributed by atoms with Crippen molar-refractivity contribution in [3.63, 3.8) is 0 Å². The molecule has 0 aliphatic carbocycles. The average Bonchev–Trinajstić information content (AvgIpc) is 3.32. The number of hydrazone groups is 1. The number of amides is 1. The Balaban J connectivity index is 1.55. The molecule has 0 fully saturated rings. The zero-order chi connectivity index (χ0) is 24.6. The van der Waals surface area contributed by atoms with E-state index in [-0.39, 0.29) is 17.4 Å². The third kappa shape index (κ3) is 5.61. The molecule has 0 aliphatic rings. The number of thioether (sulfide) groups is 1. The molecule has 0 radical (unpaired) electrons. The summed E-state index contributed by atoms with van der Waals surface area (Å²) in [6.07, 6.45) is 1.39. The van der Waals surface area contributed by atoms with Gasteiger partial charge in [-0.05, 0) is 42.5 Å². The number of hydrogen-bond acceptors (Lipinski definition) is 8. The average molecular weight is 490 g/mol. The Morgan fingerprint density at radius 3 is 2.51 bits per heavy atom. The van der Waals surface area contributed by atoms with Gasteiger partial charge in [-0.2, -0.15) is 5.10 Å². The largest absolute Gasteiger partial charge is 0.507 e. The van der Waals surface area contributed by atoms with Crippen LogP contribution in [-0.4, -0.2) is 52.0 Å². The lowest BCUT2D eigenvalue weighted by atomic mass is 10.2. The molecule has 1 amide bonds. The number of nitrogens with one attached hydrogen (secondary N) is 1. The minimum absolute atomic E-state index is 0.0645. The SMILES string of the molecule is COc1ccc(-c2nnc(SCC(=O)NN=Cc3ccccc3O)n2-c2ccccc2)cc1OC. The predicted octanol–water partition coefficient (Wildman–Crippen LogP) is 3.90. The van der Waals surface area contributed by atoms with E-state index in [1.54, 1.807) is 44.6 Å². The number of nitrogens with zero attached hydrogens (tertiary/aromatic N) is 4. The van der Waals surface area contributed by atoms with Crippen molar-refractivity contribution in [3.8, 4) is 34.3 Å². The fourth-order valence-corrected chi connectivity index (χ4v) is 4.01. The van der Waals surface area contributed by atoms with Crippen LogP contribution in [0.4, 0.5) is 0 Å². The van der Waals surface area contributed by atoms with Gasteiger partial charge in [-0.25, -0.2) is 5.43 Å². The zero-order valence-electron chi connectivity index (χ0n) is 19.1. The number of hydrogen-bond donors (Lipinski definition) is 2. The number of aromatic hydroxyl groups is 1. The molecule has 4 aromatic rings. The van der Waals surface area contributed by atoms with E-state index in [4.69, 9.17) is 9.47 Å². The Kier molecular flexibility index (Phi) is 7.63. The van der Waals surface area contributed by atoms with Gasteiger partial charge in [0, 0.05) is 16.8 Å². The Labute approximate surface area is 206 Å². The summed E-state index contributed by atoms with van der Waals surface area (Å²) in [6.45, 7) is 0. The molecule has 1 aromatic heterocycles. The summed E-state index contributed by atoms with van der Waals surface area (Å²) in [4.78, 5) is 12.4. The number of ether oxygens (including phenoxy) is 2. The van der Waals surface area contributed by atoms with Crippen molar-refractivity contribution in [2.24, 2.45) is 5.10 Å². The molecule has 0 aliphatic heterocycles. The summed E-state index contributed by atoms with van der Waals surface area (Å²) in [6, 6.07) is 21.9. The van der Waals surface area contributed by atoms with Gasteiger partial charge in [-0.15, -0.1) is 10.2 Å². The molecule has 0 unspecified atom stereocenters.